The number of fused-ring (bicyclic) bond motifs is 2. The molecule has 0 unspecified atom stereocenters. The minimum atomic E-state index is -0.656. The van der Waals surface area contributed by atoms with E-state index >= 15 is 0 Å². The standard InChI is InChI=1S/C19H32O4S/c1-5-6-11-24-16-13(3)15-8-7-12(2)14-9-10-18(4)21-17(20-16)19(14,15)23-22-18/h12-17H,5-11H2,1-4H3/t12-,13-,14+,15+,16+,17-,18+,19-/m1/s1. The fourth-order valence-electron chi connectivity index (χ4n) is 5.41. The molecule has 0 aromatic rings. The second kappa shape index (κ2) is 6.41. The van der Waals surface area contributed by atoms with Gasteiger partial charge in [-0.3, -0.25) is 0 Å². The Labute approximate surface area is 150 Å². The molecule has 0 radical (unpaired) electrons. The summed E-state index contributed by atoms with van der Waals surface area (Å²) in [4.78, 5) is 12.0. The summed E-state index contributed by atoms with van der Waals surface area (Å²) < 4.78 is 12.9. The molecule has 4 aliphatic heterocycles. The van der Waals surface area contributed by atoms with Gasteiger partial charge in [-0.1, -0.05) is 27.2 Å². The molecule has 5 heteroatoms. The molecule has 1 aliphatic carbocycles. The van der Waals surface area contributed by atoms with E-state index in [1.807, 2.05) is 18.7 Å². The smallest absolute Gasteiger partial charge is 0.201 e. The highest BCUT2D eigenvalue weighted by molar-refractivity contribution is 7.99. The Bertz CT molecular complexity index is 474. The summed E-state index contributed by atoms with van der Waals surface area (Å²) in [6, 6.07) is 0. The average Bonchev–Trinajstić information content (AvgIpc) is 2.78. The van der Waals surface area contributed by atoms with Crippen molar-refractivity contribution in [1.29, 1.82) is 0 Å². The van der Waals surface area contributed by atoms with Gasteiger partial charge in [0.05, 0.1) is 0 Å². The van der Waals surface area contributed by atoms with Crippen molar-refractivity contribution in [3.63, 3.8) is 0 Å². The van der Waals surface area contributed by atoms with Gasteiger partial charge in [0.15, 0.2) is 11.9 Å². The first-order valence-electron chi connectivity index (χ1n) is 9.82. The lowest BCUT2D eigenvalue weighted by Crippen LogP contribution is -2.70. The third-order valence-electron chi connectivity index (χ3n) is 6.88. The fraction of sp³-hybridized carbons (Fsp3) is 1.00. The lowest BCUT2D eigenvalue weighted by molar-refractivity contribution is -0.568. The molecule has 0 aromatic carbocycles. The number of hydrogen-bond donors (Lipinski definition) is 0. The summed E-state index contributed by atoms with van der Waals surface area (Å²) >= 11 is 1.96. The van der Waals surface area contributed by atoms with E-state index in [4.69, 9.17) is 19.2 Å². The highest BCUT2D eigenvalue weighted by Gasteiger charge is 2.69. The molecule has 1 spiro atoms. The van der Waals surface area contributed by atoms with Gasteiger partial charge in [-0.2, -0.15) is 0 Å². The van der Waals surface area contributed by atoms with Gasteiger partial charge in [-0.05, 0) is 56.1 Å². The summed E-state index contributed by atoms with van der Waals surface area (Å²) in [7, 11) is 0. The topological polar surface area (TPSA) is 36.9 Å². The van der Waals surface area contributed by atoms with Crippen molar-refractivity contribution in [2.24, 2.45) is 23.7 Å². The summed E-state index contributed by atoms with van der Waals surface area (Å²) in [6.45, 7) is 8.95. The number of ether oxygens (including phenoxy) is 2. The van der Waals surface area contributed by atoms with Gasteiger partial charge in [-0.25, -0.2) is 9.78 Å². The summed E-state index contributed by atoms with van der Waals surface area (Å²) in [5.41, 5.74) is -0.202. The summed E-state index contributed by atoms with van der Waals surface area (Å²) in [6.07, 6.45) is 6.65. The quantitative estimate of drug-likeness (QED) is 0.538. The minimum Gasteiger partial charge on any atom is -0.335 e. The number of hydrogen-bond acceptors (Lipinski definition) is 5. The van der Waals surface area contributed by atoms with Gasteiger partial charge in [0.2, 0.25) is 5.79 Å². The maximum Gasteiger partial charge on any atom is 0.201 e. The highest BCUT2D eigenvalue weighted by Crippen LogP contribution is 2.61. The Kier molecular flexibility index (Phi) is 4.70. The zero-order valence-corrected chi connectivity index (χ0v) is 16.3. The molecule has 4 heterocycles. The molecule has 5 aliphatic rings. The molecule has 8 atom stereocenters. The Morgan fingerprint density at radius 1 is 1.08 bits per heavy atom. The number of unbranched alkanes of at least 4 members (excludes halogenated alkanes) is 1. The van der Waals surface area contributed by atoms with Gasteiger partial charge < -0.3 is 9.47 Å². The van der Waals surface area contributed by atoms with Gasteiger partial charge in [0, 0.05) is 12.3 Å². The van der Waals surface area contributed by atoms with Crippen LogP contribution in [0.1, 0.15) is 66.2 Å². The van der Waals surface area contributed by atoms with Crippen molar-refractivity contribution in [2.75, 3.05) is 5.75 Å². The lowest BCUT2D eigenvalue weighted by Gasteiger charge is -2.60. The second-order valence-corrected chi connectivity index (χ2v) is 9.70. The van der Waals surface area contributed by atoms with E-state index in [-0.39, 0.29) is 11.7 Å². The third kappa shape index (κ3) is 2.58. The molecule has 4 nitrogen and oxygen atoms in total. The maximum atomic E-state index is 6.54. The zero-order chi connectivity index (χ0) is 16.9. The average molecular weight is 357 g/mol. The molecular formula is C19H32O4S. The van der Waals surface area contributed by atoms with Crippen LogP contribution in [0.2, 0.25) is 0 Å². The van der Waals surface area contributed by atoms with Crippen LogP contribution in [-0.4, -0.2) is 28.9 Å². The maximum absolute atomic E-state index is 6.54. The van der Waals surface area contributed by atoms with E-state index in [2.05, 4.69) is 20.8 Å². The van der Waals surface area contributed by atoms with Crippen LogP contribution in [0.25, 0.3) is 0 Å². The minimum absolute atomic E-state index is 0.206. The third-order valence-corrected chi connectivity index (χ3v) is 8.27. The van der Waals surface area contributed by atoms with Crippen LogP contribution in [0.4, 0.5) is 0 Å². The largest absolute Gasteiger partial charge is 0.335 e. The number of rotatable bonds is 4. The van der Waals surface area contributed by atoms with E-state index < -0.39 is 11.4 Å². The first kappa shape index (κ1) is 17.6. The molecule has 0 aromatic heterocycles. The van der Waals surface area contributed by atoms with Gasteiger partial charge in [0.1, 0.15) is 5.44 Å². The predicted molar refractivity (Wildman–Crippen MR) is 94.2 cm³/mol. The van der Waals surface area contributed by atoms with Crippen molar-refractivity contribution in [3.05, 3.63) is 0 Å². The lowest BCUT2D eigenvalue weighted by atomic mass is 9.58. The van der Waals surface area contributed by atoms with Crippen LogP contribution in [0, 0.1) is 23.7 Å². The Morgan fingerprint density at radius 3 is 2.71 bits per heavy atom. The molecule has 0 N–H and O–H groups in total. The monoisotopic (exact) mass is 356 g/mol. The second-order valence-electron chi connectivity index (χ2n) is 8.50. The van der Waals surface area contributed by atoms with Crippen molar-refractivity contribution >= 4 is 11.8 Å². The molecule has 4 saturated heterocycles. The molecule has 24 heavy (non-hydrogen) atoms. The Hall–Kier alpha value is 0.190. The van der Waals surface area contributed by atoms with Crippen LogP contribution >= 0.6 is 11.8 Å². The van der Waals surface area contributed by atoms with Crippen molar-refractivity contribution in [1.82, 2.24) is 0 Å². The van der Waals surface area contributed by atoms with Crippen LogP contribution in [-0.2, 0) is 19.2 Å². The molecule has 5 rings (SSSR count). The van der Waals surface area contributed by atoms with Gasteiger partial charge in [0.25, 0.3) is 0 Å². The molecule has 1 saturated carbocycles. The predicted octanol–water partition coefficient (Wildman–Crippen LogP) is 4.73. The van der Waals surface area contributed by atoms with Crippen molar-refractivity contribution < 1.29 is 19.2 Å². The first-order valence-corrected chi connectivity index (χ1v) is 10.9. The SMILES string of the molecule is CCCCS[C@@H]1O[C@@H]2O[C@]3(C)CC[C@H]4[C@H](C)CC[C@@H]([C@H]1C)[C@@]24OO3. The van der Waals surface area contributed by atoms with Gasteiger partial charge >= 0.3 is 0 Å². The summed E-state index contributed by atoms with van der Waals surface area (Å²) in [5, 5.41) is 0. The van der Waals surface area contributed by atoms with Crippen LogP contribution in [0.3, 0.4) is 0 Å². The zero-order valence-electron chi connectivity index (χ0n) is 15.5. The van der Waals surface area contributed by atoms with Crippen LogP contribution < -0.4 is 0 Å². The first-order chi connectivity index (χ1) is 11.5. The fourth-order valence-corrected chi connectivity index (χ4v) is 6.77. The van der Waals surface area contributed by atoms with Crippen LogP contribution in [0.5, 0.6) is 0 Å². The highest BCUT2D eigenvalue weighted by atomic mass is 32.2. The normalized spacial score (nSPS) is 53.5. The molecule has 2 bridgehead atoms. The van der Waals surface area contributed by atoms with E-state index in [0.29, 0.717) is 23.7 Å². The van der Waals surface area contributed by atoms with Crippen LogP contribution in [0.15, 0.2) is 0 Å². The molecule has 138 valence electrons. The van der Waals surface area contributed by atoms with E-state index in [0.717, 1.165) is 18.6 Å². The molecular weight excluding hydrogens is 324 g/mol. The van der Waals surface area contributed by atoms with Crippen molar-refractivity contribution in [2.45, 2.75) is 89.3 Å². The van der Waals surface area contributed by atoms with Gasteiger partial charge in [-0.15, -0.1) is 11.8 Å². The van der Waals surface area contributed by atoms with E-state index in [1.54, 1.807) is 0 Å². The van der Waals surface area contributed by atoms with Crippen molar-refractivity contribution in [3.8, 4) is 0 Å². The summed E-state index contributed by atoms with van der Waals surface area (Å²) in [5.74, 6) is 2.53. The van der Waals surface area contributed by atoms with E-state index in [1.165, 1.54) is 25.7 Å². The Morgan fingerprint density at radius 2 is 1.92 bits per heavy atom. The Balaban J connectivity index is 1.64. The molecule has 5 fully saturated rings. The number of thioether (sulfide) groups is 1. The van der Waals surface area contributed by atoms with E-state index in [9.17, 15) is 0 Å². The molecule has 0 amide bonds.